The van der Waals surface area contributed by atoms with Gasteiger partial charge in [-0.05, 0) is 88.0 Å². The standard InChI is InChI=1S/C23H34O3/c1-15-6-10-22(26-15)11-8-18-19-5-4-16-14-17(24)7-9-20(16,2)23(19,25)13-12-21(18,22)3/h14-15,18-19,25H,4-13H2,1-3H3/t15?,18?,19?,20?,21?,22-,23?/m0/s1. The molecule has 3 saturated carbocycles. The summed E-state index contributed by atoms with van der Waals surface area (Å²) in [6.07, 6.45) is 12.4. The van der Waals surface area contributed by atoms with Gasteiger partial charge >= 0.3 is 0 Å². The van der Waals surface area contributed by atoms with E-state index in [9.17, 15) is 9.90 Å². The number of rotatable bonds is 0. The first-order valence-electron chi connectivity index (χ1n) is 10.9. The number of ketones is 1. The van der Waals surface area contributed by atoms with E-state index in [-0.39, 0.29) is 22.2 Å². The van der Waals surface area contributed by atoms with Crippen LogP contribution in [-0.2, 0) is 9.53 Å². The Morgan fingerprint density at radius 1 is 1.00 bits per heavy atom. The highest BCUT2D eigenvalue weighted by atomic mass is 16.5. The highest BCUT2D eigenvalue weighted by Crippen LogP contribution is 2.71. The Morgan fingerprint density at radius 2 is 1.77 bits per heavy atom. The molecule has 7 atom stereocenters. The summed E-state index contributed by atoms with van der Waals surface area (Å²) < 4.78 is 6.60. The first-order valence-corrected chi connectivity index (χ1v) is 10.9. The molecule has 1 spiro atoms. The van der Waals surface area contributed by atoms with Crippen molar-refractivity contribution in [1.82, 2.24) is 0 Å². The monoisotopic (exact) mass is 358 g/mol. The molecule has 0 aromatic rings. The number of carbonyl (C=O) groups is 1. The van der Waals surface area contributed by atoms with Crippen LogP contribution in [0.1, 0.15) is 85.0 Å². The molecule has 1 saturated heterocycles. The fourth-order valence-electron chi connectivity index (χ4n) is 8.14. The summed E-state index contributed by atoms with van der Waals surface area (Å²) in [5, 5.41) is 12.1. The van der Waals surface area contributed by atoms with Crippen molar-refractivity contribution in [2.24, 2.45) is 22.7 Å². The maximum absolute atomic E-state index is 12.1. The van der Waals surface area contributed by atoms with E-state index < -0.39 is 5.60 Å². The van der Waals surface area contributed by atoms with Gasteiger partial charge in [-0.15, -0.1) is 0 Å². The molecule has 26 heavy (non-hydrogen) atoms. The van der Waals surface area contributed by atoms with Crippen molar-refractivity contribution in [2.45, 2.75) is 102 Å². The van der Waals surface area contributed by atoms with E-state index in [0.717, 1.165) is 32.1 Å². The molecule has 0 aromatic heterocycles. The molecule has 1 heterocycles. The zero-order chi connectivity index (χ0) is 18.4. The minimum Gasteiger partial charge on any atom is -0.389 e. The van der Waals surface area contributed by atoms with Gasteiger partial charge in [-0.1, -0.05) is 19.4 Å². The SMILES string of the molecule is CC1CC[C@@]2(CCC3C4CCC5=CC(=O)CCC5(C)C4(O)CCC32C)O1. The third kappa shape index (κ3) is 1.90. The zero-order valence-corrected chi connectivity index (χ0v) is 16.6. The molecule has 1 aliphatic heterocycles. The van der Waals surface area contributed by atoms with Gasteiger partial charge in [-0.25, -0.2) is 0 Å². The van der Waals surface area contributed by atoms with Crippen LogP contribution in [0.4, 0.5) is 0 Å². The first-order chi connectivity index (χ1) is 12.2. The van der Waals surface area contributed by atoms with Crippen LogP contribution in [-0.4, -0.2) is 28.2 Å². The van der Waals surface area contributed by atoms with Gasteiger partial charge in [-0.3, -0.25) is 4.79 Å². The van der Waals surface area contributed by atoms with Crippen LogP contribution in [0, 0.1) is 22.7 Å². The number of ether oxygens (including phenoxy) is 1. The molecule has 0 aromatic carbocycles. The Morgan fingerprint density at radius 3 is 2.50 bits per heavy atom. The van der Waals surface area contributed by atoms with E-state index in [1.807, 2.05) is 6.08 Å². The van der Waals surface area contributed by atoms with Gasteiger partial charge in [-0.2, -0.15) is 0 Å². The predicted octanol–water partition coefficient (Wildman–Crippen LogP) is 4.57. The van der Waals surface area contributed by atoms with Crippen molar-refractivity contribution in [2.75, 3.05) is 0 Å². The quantitative estimate of drug-likeness (QED) is 0.690. The highest BCUT2D eigenvalue weighted by Gasteiger charge is 2.70. The molecule has 144 valence electrons. The summed E-state index contributed by atoms with van der Waals surface area (Å²) in [5.41, 5.74) is 0.645. The lowest BCUT2D eigenvalue weighted by atomic mass is 9.44. The fourth-order valence-corrected chi connectivity index (χ4v) is 8.14. The van der Waals surface area contributed by atoms with Crippen molar-refractivity contribution in [1.29, 1.82) is 0 Å². The van der Waals surface area contributed by atoms with Gasteiger partial charge < -0.3 is 9.84 Å². The van der Waals surface area contributed by atoms with Crippen LogP contribution in [0.15, 0.2) is 11.6 Å². The van der Waals surface area contributed by atoms with Crippen LogP contribution in [0.3, 0.4) is 0 Å². The van der Waals surface area contributed by atoms with E-state index in [1.165, 1.54) is 31.3 Å². The minimum absolute atomic E-state index is 0.0535. The third-order valence-electron chi connectivity index (χ3n) is 9.82. The molecule has 4 fully saturated rings. The molecule has 6 unspecified atom stereocenters. The van der Waals surface area contributed by atoms with E-state index in [4.69, 9.17) is 4.74 Å². The van der Waals surface area contributed by atoms with Gasteiger partial charge in [0.25, 0.3) is 0 Å². The molecule has 4 aliphatic carbocycles. The second-order valence-corrected chi connectivity index (χ2v) is 10.6. The van der Waals surface area contributed by atoms with Crippen molar-refractivity contribution < 1.29 is 14.6 Å². The number of aliphatic hydroxyl groups is 1. The largest absolute Gasteiger partial charge is 0.389 e. The fraction of sp³-hybridized carbons (Fsp3) is 0.870. The average molecular weight is 359 g/mol. The minimum atomic E-state index is -0.641. The second-order valence-electron chi connectivity index (χ2n) is 10.6. The molecule has 0 radical (unpaired) electrons. The van der Waals surface area contributed by atoms with Crippen LogP contribution < -0.4 is 0 Å². The highest BCUT2D eigenvalue weighted by molar-refractivity contribution is 5.91. The van der Waals surface area contributed by atoms with E-state index >= 15 is 0 Å². The van der Waals surface area contributed by atoms with Crippen LogP contribution in [0.5, 0.6) is 0 Å². The molecule has 1 N–H and O–H groups in total. The van der Waals surface area contributed by atoms with Crippen LogP contribution in [0.2, 0.25) is 0 Å². The van der Waals surface area contributed by atoms with Crippen molar-refractivity contribution in [3.63, 3.8) is 0 Å². The van der Waals surface area contributed by atoms with Crippen molar-refractivity contribution >= 4 is 5.78 Å². The summed E-state index contributed by atoms with van der Waals surface area (Å²) >= 11 is 0. The number of hydrogen-bond donors (Lipinski definition) is 1. The van der Waals surface area contributed by atoms with Gasteiger partial charge in [0.2, 0.25) is 0 Å². The molecular weight excluding hydrogens is 324 g/mol. The first kappa shape index (κ1) is 17.4. The zero-order valence-electron chi connectivity index (χ0n) is 16.6. The number of carbonyl (C=O) groups excluding carboxylic acids is 1. The molecular formula is C23H34O3. The maximum Gasteiger partial charge on any atom is 0.155 e. The molecule has 3 nitrogen and oxygen atoms in total. The Hall–Kier alpha value is -0.670. The van der Waals surface area contributed by atoms with Gasteiger partial charge in [0, 0.05) is 11.8 Å². The second kappa shape index (κ2) is 5.23. The Bertz CT molecular complexity index is 683. The Balaban J connectivity index is 1.53. The molecule has 5 rings (SSSR count). The topological polar surface area (TPSA) is 46.5 Å². The van der Waals surface area contributed by atoms with E-state index in [2.05, 4.69) is 20.8 Å². The molecule has 3 heteroatoms. The molecule has 0 amide bonds. The third-order valence-corrected chi connectivity index (χ3v) is 9.82. The Kier molecular flexibility index (Phi) is 3.50. The summed E-state index contributed by atoms with van der Waals surface area (Å²) in [6, 6.07) is 0. The maximum atomic E-state index is 12.1. The lowest BCUT2D eigenvalue weighted by Crippen LogP contribution is -2.64. The van der Waals surface area contributed by atoms with Crippen LogP contribution >= 0.6 is 0 Å². The van der Waals surface area contributed by atoms with Crippen molar-refractivity contribution in [3.05, 3.63) is 11.6 Å². The molecule has 0 bridgehead atoms. The predicted molar refractivity (Wildman–Crippen MR) is 101 cm³/mol. The normalized spacial score (nSPS) is 56.1. The van der Waals surface area contributed by atoms with Gasteiger partial charge in [0.1, 0.15) is 0 Å². The number of hydrogen-bond acceptors (Lipinski definition) is 3. The van der Waals surface area contributed by atoms with Gasteiger partial charge in [0.15, 0.2) is 5.78 Å². The smallest absolute Gasteiger partial charge is 0.155 e. The van der Waals surface area contributed by atoms with Gasteiger partial charge in [0.05, 0.1) is 17.3 Å². The summed E-state index contributed by atoms with van der Waals surface area (Å²) in [4.78, 5) is 12.0. The molecule has 5 aliphatic rings. The summed E-state index contributed by atoms with van der Waals surface area (Å²) in [6.45, 7) is 6.95. The summed E-state index contributed by atoms with van der Waals surface area (Å²) in [5.74, 6) is 1.17. The lowest BCUT2D eigenvalue weighted by Gasteiger charge is -2.63. The van der Waals surface area contributed by atoms with Crippen LogP contribution in [0.25, 0.3) is 0 Å². The lowest BCUT2D eigenvalue weighted by molar-refractivity contribution is -0.215. The van der Waals surface area contributed by atoms with Crippen molar-refractivity contribution in [3.8, 4) is 0 Å². The number of fused-ring (bicyclic) bond motifs is 6. The summed E-state index contributed by atoms with van der Waals surface area (Å²) in [7, 11) is 0. The van der Waals surface area contributed by atoms with E-state index in [0.29, 0.717) is 24.4 Å². The van der Waals surface area contributed by atoms with E-state index in [1.54, 1.807) is 0 Å². The average Bonchev–Trinajstić information content (AvgIpc) is 3.11. The Labute approximate surface area is 157 Å².